The Balaban J connectivity index is 2.43. The first-order valence-electron chi connectivity index (χ1n) is 4.52. The van der Waals surface area contributed by atoms with E-state index in [0.29, 0.717) is 6.54 Å². The van der Waals surface area contributed by atoms with Crippen LogP contribution in [-0.4, -0.2) is 10.2 Å². The Kier molecular flexibility index (Phi) is 2.13. The quantitative estimate of drug-likeness (QED) is 0.759. The number of aryl methyl sites for hydroxylation is 2. The molecule has 2 aromatic heterocycles. The first kappa shape index (κ1) is 9.02. The first-order chi connectivity index (χ1) is 6.70. The number of nitrogens with two attached hydrogens (primary N) is 1. The highest BCUT2D eigenvalue weighted by atomic mass is 16.3. The van der Waals surface area contributed by atoms with Crippen LogP contribution in [0.2, 0.25) is 0 Å². The molecule has 2 rings (SSSR count). The van der Waals surface area contributed by atoms with E-state index in [9.17, 15) is 0 Å². The van der Waals surface area contributed by atoms with E-state index in [-0.39, 0.29) is 0 Å². The van der Waals surface area contributed by atoms with Gasteiger partial charge in [-0.2, -0.15) is 5.10 Å². The second-order valence-corrected chi connectivity index (χ2v) is 3.31. The molecule has 0 amide bonds. The van der Waals surface area contributed by atoms with Crippen LogP contribution in [0.1, 0.15) is 17.2 Å². The molecule has 0 unspecified atom stereocenters. The zero-order chi connectivity index (χ0) is 10.1. The molecule has 0 aromatic carbocycles. The Morgan fingerprint density at radius 1 is 1.43 bits per heavy atom. The second kappa shape index (κ2) is 3.31. The average Bonchev–Trinajstić information content (AvgIpc) is 2.71. The molecule has 0 fully saturated rings. The number of furan rings is 1. The van der Waals surface area contributed by atoms with Crippen LogP contribution in [0.25, 0.3) is 11.3 Å². The van der Waals surface area contributed by atoms with E-state index < -0.39 is 0 Å². The van der Waals surface area contributed by atoms with Gasteiger partial charge < -0.3 is 10.2 Å². The van der Waals surface area contributed by atoms with Gasteiger partial charge in [0.2, 0.25) is 0 Å². The van der Waals surface area contributed by atoms with E-state index in [0.717, 1.165) is 28.5 Å². The predicted molar refractivity (Wildman–Crippen MR) is 53.7 cm³/mol. The number of rotatable bonds is 2. The number of aromatic nitrogens is 2. The Morgan fingerprint density at radius 2 is 2.21 bits per heavy atom. The molecular weight excluding hydrogens is 178 g/mol. The van der Waals surface area contributed by atoms with E-state index in [1.54, 1.807) is 0 Å². The molecule has 4 nitrogen and oxygen atoms in total. The van der Waals surface area contributed by atoms with Gasteiger partial charge in [0.05, 0.1) is 5.69 Å². The zero-order valence-electron chi connectivity index (χ0n) is 8.29. The molecule has 0 aliphatic carbocycles. The fourth-order valence-electron chi connectivity index (χ4n) is 1.49. The molecule has 74 valence electrons. The van der Waals surface area contributed by atoms with Crippen LogP contribution >= 0.6 is 0 Å². The van der Waals surface area contributed by atoms with Crippen LogP contribution in [0, 0.1) is 13.8 Å². The largest absolute Gasteiger partial charge is 0.466 e. The van der Waals surface area contributed by atoms with E-state index in [4.69, 9.17) is 10.2 Å². The molecule has 0 aliphatic heterocycles. The van der Waals surface area contributed by atoms with Crippen LogP contribution in [0.15, 0.2) is 16.5 Å². The zero-order valence-corrected chi connectivity index (χ0v) is 8.29. The SMILES string of the molecule is Cc1cc(-c2cc(CN)[nH]n2)c(C)o1. The second-order valence-electron chi connectivity index (χ2n) is 3.31. The van der Waals surface area contributed by atoms with Crippen LogP contribution in [0.3, 0.4) is 0 Å². The van der Waals surface area contributed by atoms with Gasteiger partial charge in [-0.25, -0.2) is 0 Å². The highest BCUT2D eigenvalue weighted by Crippen LogP contribution is 2.24. The molecule has 3 N–H and O–H groups in total. The van der Waals surface area contributed by atoms with Gasteiger partial charge in [0, 0.05) is 17.8 Å². The van der Waals surface area contributed by atoms with Crippen molar-refractivity contribution in [1.82, 2.24) is 10.2 Å². The van der Waals surface area contributed by atoms with Crippen molar-refractivity contribution in [3.63, 3.8) is 0 Å². The highest BCUT2D eigenvalue weighted by Gasteiger charge is 2.09. The number of H-pyrrole nitrogens is 1. The predicted octanol–water partition coefficient (Wildman–Crippen LogP) is 1.75. The number of hydrogen-bond acceptors (Lipinski definition) is 3. The molecule has 0 saturated carbocycles. The molecule has 0 saturated heterocycles. The van der Waals surface area contributed by atoms with Crippen molar-refractivity contribution in [3.05, 3.63) is 29.3 Å². The maximum atomic E-state index is 5.49. The fraction of sp³-hybridized carbons (Fsp3) is 0.300. The summed E-state index contributed by atoms with van der Waals surface area (Å²) < 4.78 is 5.43. The van der Waals surface area contributed by atoms with Gasteiger partial charge in [-0.1, -0.05) is 0 Å². The lowest BCUT2D eigenvalue weighted by molar-refractivity contribution is 0.505. The van der Waals surface area contributed by atoms with Gasteiger partial charge in [-0.15, -0.1) is 0 Å². The molecule has 2 aromatic rings. The van der Waals surface area contributed by atoms with E-state index in [2.05, 4.69) is 10.2 Å². The number of hydrogen-bond donors (Lipinski definition) is 2. The smallest absolute Gasteiger partial charge is 0.110 e. The van der Waals surface area contributed by atoms with Crippen molar-refractivity contribution in [3.8, 4) is 11.3 Å². The van der Waals surface area contributed by atoms with Crippen molar-refractivity contribution in [1.29, 1.82) is 0 Å². The minimum atomic E-state index is 0.475. The third-order valence-electron chi connectivity index (χ3n) is 2.17. The molecular formula is C10H13N3O. The molecule has 2 heterocycles. The highest BCUT2D eigenvalue weighted by molar-refractivity contribution is 5.62. The maximum absolute atomic E-state index is 5.49. The van der Waals surface area contributed by atoms with Crippen molar-refractivity contribution in [2.45, 2.75) is 20.4 Å². The minimum Gasteiger partial charge on any atom is -0.466 e. The number of aromatic amines is 1. The third-order valence-corrected chi connectivity index (χ3v) is 2.17. The van der Waals surface area contributed by atoms with Crippen LogP contribution in [-0.2, 0) is 6.54 Å². The summed E-state index contributed by atoms with van der Waals surface area (Å²) in [5, 5.41) is 7.04. The average molecular weight is 191 g/mol. The molecule has 0 atom stereocenters. The van der Waals surface area contributed by atoms with Gasteiger partial charge >= 0.3 is 0 Å². The standard InChI is InChI=1S/C10H13N3O/c1-6-3-9(7(2)14-6)10-4-8(5-11)12-13-10/h3-4H,5,11H2,1-2H3,(H,12,13). The van der Waals surface area contributed by atoms with E-state index in [1.165, 1.54) is 0 Å². The van der Waals surface area contributed by atoms with Crippen molar-refractivity contribution >= 4 is 0 Å². The van der Waals surface area contributed by atoms with Gasteiger partial charge in [-0.05, 0) is 26.0 Å². The van der Waals surface area contributed by atoms with Gasteiger partial charge in [0.25, 0.3) is 0 Å². The number of nitrogens with zero attached hydrogens (tertiary/aromatic N) is 1. The lowest BCUT2D eigenvalue weighted by Crippen LogP contribution is -1.95. The fourth-order valence-corrected chi connectivity index (χ4v) is 1.49. The summed E-state index contributed by atoms with van der Waals surface area (Å²) in [6, 6.07) is 3.92. The summed E-state index contributed by atoms with van der Waals surface area (Å²) in [5.41, 5.74) is 8.33. The Morgan fingerprint density at radius 3 is 2.71 bits per heavy atom. The molecule has 0 spiro atoms. The van der Waals surface area contributed by atoms with Gasteiger partial charge in [0.1, 0.15) is 11.5 Å². The normalized spacial score (nSPS) is 10.8. The summed E-state index contributed by atoms with van der Waals surface area (Å²) in [6.45, 7) is 4.33. The molecule has 0 aliphatic rings. The summed E-state index contributed by atoms with van der Waals surface area (Å²) >= 11 is 0. The molecule has 0 radical (unpaired) electrons. The monoisotopic (exact) mass is 191 g/mol. The maximum Gasteiger partial charge on any atom is 0.110 e. The van der Waals surface area contributed by atoms with Crippen LogP contribution < -0.4 is 5.73 Å². The lowest BCUT2D eigenvalue weighted by atomic mass is 10.2. The van der Waals surface area contributed by atoms with E-state index in [1.807, 2.05) is 26.0 Å². The summed E-state index contributed by atoms with van der Waals surface area (Å²) in [5.74, 6) is 1.78. The first-order valence-corrected chi connectivity index (χ1v) is 4.52. The summed E-state index contributed by atoms with van der Waals surface area (Å²) in [7, 11) is 0. The van der Waals surface area contributed by atoms with Crippen LogP contribution in [0.4, 0.5) is 0 Å². The Bertz CT molecular complexity index is 442. The number of nitrogens with one attached hydrogen (secondary N) is 1. The van der Waals surface area contributed by atoms with Crippen LogP contribution in [0.5, 0.6) is 0 Å². The third kappa shape index (κ3) is 1.44. The summed E-state index contributed by atoms with van der Waals surface area (Å²) in [6.07, 6.45) is 0. The molecule has 4 heteroatoms. The molecule has 14 heavy (non-hydrogen) atoms. The van der Waals surface area contributed by atoms with Gasteiger partial charge in [0.15, 0.2) is 0 Å². The molecule has 0 bridgehead atoms. The minimum absolute atomic E-state index is 0.475. The topological polar surface area (TPSA) is 67.8 Å². The van der Waals surface area contributed by atoms with Gasteiger partial charge in [-0.3, -0.25) is 5.10 Å². The van der Waals surface area contributed by atoms with Crippen molar-refractivity contribution in [2.75, 3.05) is 0 Å². The lowest BCUT2D eigenvalue weighted by Gasteiger charge is -1.89. The van der Waals surface area contributed by atoms with Crippen molar-refractivity contribution in [2.24, 2.45) is 5.73 Å². The van der Waals surface area contributed by atoms with Crippen molar-refractivity contribution < 1.29 is 4.42 Å². The Hall–Kier alpha value is -1.55. The summed E-state index contributed by atoms with van der Waals surface area (Å²) in [4.78, 5) is 0. The van der Waals surface area contributed by atoms with E-state index >= 15 is 0 Å². The Labute approximate surface area is 82.1 Å².